The lowest BCUT2D eigenvalue weighted by molar-refractivity contribution is -0.157. The monoisotopic (exact) mass is 386 g/mol. The lowest BCUT2D eigenvalue weighted by atomic mass is 10.1. The molecule has 140 valence electrons. The van der Waals surface area contributed by atoms with E-state index >= 15 is 0 Å². The number of rotatable bonds is 4. The van der Waals surface area contributed by atoms with E-state index in [1.165, 1.54) is 0 Å². The zero-order valence-corrected chi connectivity index (χ0v) is 16.0. The van der Waals surface area contributed by atoms with Gasteiger partial charge in [-0.2, -0.15) is 0 Å². The summed E-state index contributed by atoms with van der Waals surface area (Å²) in [5.41, 5.74) is 0.673. The third-order valence-corrected chi connectivity index (χ3v) is 3.84. The van der Waals surface area contributed by atoms with Gasteiger partial charge in [-0.15, -0.1) is 0 Å². The molecular formula is C21H19ClO5. The summed E-state index contributed by atoms with van der Waals surface area (Å²) in [4.78, 5) is 24.2. The Morgan fingerprint density at radius 3 is 2.52 bits per heavy atom. The van der Waals surface area contributed by atoms with E-state index in [-0.39, 0.29) is 18.1 Å². The van der Waals surface area contributed by atoms with Crippen molar-refractivity contribution in [3.8, 4) is 11.5 Å². The molecule has 0 aromatic heterocycles. The molecule has 1 aliphatic rings. The molecule has 0 spiro atoms. The van der Waals surface area contributed by atoms with Crippen molar-refractivity contribution in [3.63, 3.8) is 0 Å². The molecule has 0 atom stereocenters. The average molecular weight is 387 g/mol. The van der Waals surface area contributed by atoms with E-state index in [1.807, 2.05) is 0 Å². The molecule has 5 nitrogen and oxygen atoms in total. The van der Waals surface area contributed by atoms with E-state index < -0.39 is 11.6 Å². The van der Waals surface area contributed by atoms with Crippen molar-refractivity contribution in [2.45, 2.75) is 26.4 Å². The van der Waals surface area contributed by atoms with Gasteiger partial charge in [0.15, 0.2) is 12.4 Å². The van der Waals surface area contributed by atoms with Crippen LogP contribution in [0.1, 0.15) is 36.7 Å². The molecule has 0 aliphatic carbocycles. The van der Waals surface area contributed by atoms with E-state index in [4.69, 9.17) is 25.8 Å². The van der Waals surface area contributed by atoms with Crippen LogP contribution in [0.2, 0.25) is 5.02 Å². The summed E-state index contributed by atoms with van der Waals surface area (Å²) in [7, 11) is 0. The van der Waals surface area contributed by atoms with Gasteiger partial charge in [-0.1, -0.05) is 23.7 Å². The summed E-state index contributed by atoms with van der Waals surface area (Å²) in [6.07, 6.45) is 1.65. The lowest BCUT2D eigenvalue weighted by Crippen LogP contribution is -2.27. The molecule has 0 saturated heterocycles. The molecular weight excluding hydrogens is 368 g/mol. The van der Waals surface area contributed by atoms with E-state index in [2.05, 4.69) is 0 Å². The van der Waals surface area contributed by atoms with Gasteiger partial charge in [0.1, 0.15) is 17.1 Å². The second-order valence-electron chi connectivity index (χ2n) is 7.02. The van der Waals surface area contributed by atoms with Crippen molar-refractivity contribution in [2.24, 2.45) is 0 Å². The molecule has 1 aliphatic heterocycles. The molecule has 6 heteroatoms. The molecule has 0 saturated carbocycles. The summed E-state index contributed by atoms with van der Waals surface area (Å²) in [6.45, 7) is 5.13. The van der Waals surface area contributed by atoms with Crippen LogP contribution >= 0.6 is 11.6 Å². The Bertz CT molecular complexity index is 907. The van der Waals surface area contributed by atoms with Gasteiger partial charge in [0, 0.05) is 11.1 Å². The highest BCUT2D eigenvalue weighted by Gasteiger charge is 2.28. The topological polar surface area (TPSA) is 61.8 Å². The minimum atomic E-state index is -0.574. The number of fused-ring (bicyclic) bond motifs is 1. The van der Waals surface area contributed by atoms with E-state index in [1.54, 1.807) is 69.3 Å². The molecule has 0 N–H and O–H groups in total. The third kappa shape index (κ3) is 4.89. The first-order valence-corrected chi connectivity index (χ1v) is 8.77. The lowest BCUT2D eigenvalue weighted by Gasteiger charge is -2.19. The Morgan fingerprint density at radius 1 is 1.15 bits per heavy atom. The van der Waals surface area contributed by atoms with Crippen LogP contribution in [0, 0.1) is 0 Å². The maximum absolute atomic E-state index is 12.5. The van der Waals surface area contributed by atoms with Crippen LogP contribution in [-0.4, -0.2) is 24.0 Å². The number of allylic oxidation sites excluding steroid dienone is 1. The predicted molar refractivity (Wildman–Crippen MR) is 102 cm³/mol. The Kier molecular flexibility index (Phi) is 5.24. The number of ketones is 1. The van der Waals surface area contributed by atoms with Gasteiger partial charge in [0.25, 0.3) is 0 Å². The molecule has 0 amide bonds. The number of ether oxygens (including phenoxy) is 3. The number of hydrogen-bond acceptors (Lipinski definition) is 5. The molecule has 2 aromatic rings. The Balaban J connectivity index is 1.70. The highest BCUT2D eigenvalue weighted by atomic mass is 35.5. The molecule has 0 bridgehead atoms. The molecule has 0 unspecified atom stereocenters. The minimum absolute atomic E-state index is 0.210. The molecule has 27 heavy (non-hydrogen) atoms. The van der Waals surface area contributed by atoms with Crippen LogP contribution in [0.5, 0.6) is 11.5 Å². The Hall–Kier alpha value is -2.79. The number of carbonyl (C=O) groups is 2. The Morgan fingerprint density at radius 2 is 1.85 bits per heavy atom. The first-order valence-electron chi connectivity index (χ1n) is 8.40. The molecule has 0 fully saturated rings. The number of Topliss-reactive ketones (excluding diaryl/α,β-unsaturated/α-hetero) is 1. The van der Waals surface area contributed by atoms with E-state index in [9.17, 15) is 9.59 Å². The maximum Gasteiger partial charge on any atom is 0.344 e. The second-order valence-corrected chi connectivity index (χ2v) is 7.46. The third-order valence-electron chi connectivity index (χ3n) is 3.59. The quantitative estimate of drug-likeness (QED) is 0.564. The summed E-state index contributed by atoms with van der Waals surface area (Å²) in [5, 5.41) is 0.617. The number of carbonyl (C=O) groups excluding carboxylic acids is 2. The van der Waals surface area contributed by atoms with Crippen molar-refractivity contribution in [1.29, 1.82) is 0 Å². The fraction of sp³-hybridized carbons (Fsp3) is 0.238. The van der Waals surface area contributed by atoms with Crippen LogP contribution < -0.4 is 9.47 Å². The molecule has 0 radical (unpaired) electrons. The van der Waals surface area contributed by atoms with Crippen LogP contribution in [0.15, 0.2) is 48.2 Å². The summed E-state index contributed by atoms with van der Waals surface area (Å²) in [5.74, 6) is 0.348. The highest BCUT2D eigenvalue weighted by Crippen LogP contribution is 2.35. The van der Waals surface area contributed by atoms with Gasteiger partial charge in [-0.05, 0) is 56.7 Å². The number of esters is 1. The largest absolute Gasteiger partial charge is 0.482 e. The molecule has 1 heterocycles. The van der Waals surface area contributed by atoms with Gasteiger partial charge in [-0.3, -0.25) is 4.79 Å². The van der Waals surface area contributed by atoms with Crippen molar-refractivity contribution < 1.29 is 23.8 Å². The first-order chi connectivity index (χ1) is 12.7. The fourth-order valence-electron chi connectivity index (χ4n) is 2.48. The fourth-order valence-corrected chi connectivity index (χ4v) is 2.61. The summed E-state index contributed by atoms with van der Waals surface area (Å²) in [6, 6.07) is 11.9. The van der Waals surface area contributed by atoms with Crippen LogP contribution in [0.3, 0.4) is 0 Å². The summed E-state index contributed by atoms with van der Waals surface area (Å²) >= 11 is 5.87. The van der Waals surface area contributed by atoms with Crippen LogP contribution in [0.4, 0.5) is 0 Å². The minimum Gasteiger partial charge on any atom is -0.482 e. The van der Waals surface area contributed by atoms with Crippen molar-refractivity contribution in [3.05, 3.63) is 64.4 Å². The molecule has 3 rings (SSSR count). The standard InChI is InChI=1S/C21H19ClO5/c1-21(2,3)27-19(23)12-25-15-8-9-16-17(11-15)26-18(20(16)24)10-13-4-6-14(22)7-5-13/h4-11H,12H2,1-3H3/b18-10-. The normalized spacial score (nSPS) is 14.7. The van der Waals surface area contributed by atoms with Crippen molar-refractivity contribution >= 4 is 29.4 Å². The zero-order valence-electron chi connectivity index (χ0n) is 15.2. The number of hydrogen-bond donors (Lipinski definition) is 0. The summed E-state index contributed by atoms with van der Waals surface area (Å²) < 4.78 is 16.3. The number of halogens is 1. The van der Waals surface area contributed by atoms with Gasteiger partial charge < -0.3 is 14.2 Å². The SMILES string of the molecule is CC(C)(C)OC(=O)COc1ccc2c(c1)O/C(=C\c1ccc(Cl)cc1)C2=O. The van der Waals surface area contributed by atoms with E-state index in [0.29, 0.717) is 22.1 Å². The van der Waals surface area contributed by atoms with E-state index in [0.717, 1.165) is 5.56 Å². The van der Waals surface area contributed by atoms with Gasteiger partial charge in [0.2, 0.25) is 5.78 Å². The highest BCUT2D eigenvalue weighted by molar-refractivity contribution is 6.30. The predicted octanol–water partition coefficient (Wildman–Crippen LogP) is 4.68. The zero-order chi connectivity index (χ0) is 19.6. The maximum atomic E-state index is 12.5. The second kappa shape index (κ2) is 7.45. The Labute approximate surface area is 162 Å². The smallest absolute Gasteiger partial charge is 0.344 e. The van der Waals surface area contributed by atoms with Crippen molar-refractivity contribution in [1.82, 2.24) is 0 Å². The van der Waals surface area contributed by atoms with Gasteiger partial charge in [0.05, 0.1) is 5.56 Å². The average Bonchev–Trinajstić information content (AvgIpc) is 2.89. The van der Waals surface area contributed by atoms with Gasteiger partial charge >= 0.3 is 5.97 Å². The number of benzene rings is 2. The van der Waals surface area contributed by atoms with Crippen molar-refractivity contribution in [2.75, 3.05) is 6.61 Å². The molecule has 2 aromatic carbocycles. The van der Waals surface area contributed by atoms with Crippen LogP contribution in [0.25, 0.3) is 6.08 Å². The van der Waals surface area contributed by atoms with Crippen LogP contribution in [-0.2, 0) is 9.53 Å². The van der Waals surface area contributed by atoms with Gasteiger partial charge in [-0.25, -0.2) is 4.79 Å². The first kappa shape index (κ1) is 19.0.